The lowest BCUT2D eigenvalue weighted by Crippen LogP contribution is -2.53. The number of rotatable bonds is 26. The number of ether oxygens (including phenoxy) is 10. The molecule has 0 heterocycles. The van der Waals surface area contributed by atoms with E-state index < -0.39 is 36.5 Å². The predicted octanol–water partition coefficient (Wildman–Crippen LogP) is 4.28. The Kier molecular flexibility index (Phi) is 21.5. The SMILES string of the molecule is CCOC(OCC)(OCC)C(OC)OC(=O)CCCCCCCC(=O)OC(OC)C(OCC)(OCC)OCC. The van der Waals surface area contributed by atoms with Crippen LogP contribution in [0, 0.1) is 0 Å². The van der Waals surface area contributed by atoms with Gasteiger partial charge in [0, 0.05) is 66.7 Å². The molecule has 0 spiro atoms. The lowest BCUT2D eigenvalue weighted by atomic mass is 10.1. The largest absolute Gasteiger partial charge is 0.427 e. The van der Waals surface area contributed by atoms with Gasteiger partial charge in [0.05, 0.1) is 0 Å². The second-order valence-electron chi connectivity index (χ2n) is 8.19. The zero-order chi connectivity index (χ0) is 29.6. The first-order valence-electron chi connectivity index (χ1n) is 14.1. The minimum Gasteiger partial charge on any atom is -0.427 e. The maximum Gasteiger partial charge on any atom is 0.349 e. The molecule has 0 aromatic rings. The third kappa shape index (κ3) is 13.7. The Hall–Kier alpha value is -1.38. The molecule has 39 heavy (non-hydrogen) atoms. The summed E-state index contributed by atoms with van der Waals surface area (Å²) in [6.45, 7) is 12.4. The summed E-state index contributed by atoms with van der Waals surface area (Å²) >= 11 is 0. The molecule has 0 aliphatic heterocycles. The summed E-state index contributed by atoms with van der Waals surface area (Å²) in [6, 6.07) is 0. The van der Waals surface area contributed by atoms with Crippen LogP contribution in [0.15, 0.2) is 0 Å². The van der Waals surface area contributed by atoms with E-state index in [4.69, 9.17) is 47.4 Å². The highest BCUT2D eigenvalue weighted by atomic mass is 16.9. The first-order valence-corrected chi connectivity index (χ1v) is 14.1. The van der Waals surface area contributed by atoms with Crippen LogP contribution in [0.2, 0.25) is 0 Å². The van der Waals surface area contributed by atoms with E-state index in [0.29, 0.717) is 12.8 Å². The van der Waals surface area contributed by atoms with E-state index >= 15 is 0 Å². The molecule has 12 nitrogen and oxygen atoms in total. The standard InChI is InChI=1S/C27H52O12/c1-9-32-26(33-10-2,34-11-3)24(30-7)38-22(28)20-18-16-15-17-19-21-23(29)39-25(31-8)27(35-12-4,36-13-5)37-14-6/h24-25H,9-21H2,1-8H3. The highest BCUT2D eigenvalue weighted by Crippen LogP contribution is 2.26. The van der Waals surface area contributed by atoms with Crippen LogP contribution in [0.3, 0.4) is 0 Å². The first-order chi connectivity index (χ1) is 18.8. The number of carbonyl (C=O) groups excluding carboxylic acids is 2. The summed E-state index contributed by atoms with van der Waals surface area (Å²) in [5.74, 6) is -4.12. The van der Waals surface area contributed by atoms with Crippen LogP contribution in [-0.2, 0) is 57.0 Å². The summed E-state index contributed by atoms with van der Waals surface area (Å²) < 4.78 is 55.4. The quantitative estimate of drug-likeness (QED) is 0.0840. The Balaban J connectivity index is 4.55. The van der Waals surface area contributed by atoms with Crippen molar-refractivity contribution in [2.75, 3.05) is 53.9 Å². The normalized spacial score (nSPS) is 13.7. The van der Waals surface area contributed by atoms with Crippen LogP contribution in [0.5, 0.6) is 0 Å². The summed E-state index contributed by atoms with van der Waals surface area (Å²) in [6.07, 6.45) is 1.72. The van der Waals surface area contributed by atoms with Crippen molar-refractivity contribution in [3.05, 3.63) is 0 Å². The van der Waals surface area contributed by atoms with Crippen molar-refractivity contribution in [2.45, 2.75) is 111 Å². The van der Waals surface area contributed by atoms with Crippen LogP contribution in [-0.4, -0.2) is 90.3 Å². The number of hydrogen-bond acceptors (Lipinski definition) is 12. The molecule has 0 N–H and O–H groups in total. The third-order valence-corrected chi connectivity index (χ3v) is 5.32. The van der Waals surface area contributed by atoms with Gasteiger partial charge < -0.3 is 47.4 Å². The highest BCUT2D eigenvalue weighted by molar-refractivity contribution is 5.69. The van der Waals surface area contributed by atoms with Crippen molar-refractivity contribution in [1.82, 2.24) is 0 Å². The van der Waals surface area contributed by atoms with Crippen molar-refractivity contribution < 1.29 is 57.0 Å². The third-order valence-electron chi connectivity index (χ3n) is 5.32. The molecule has 0 rings (SSSR count). The molecule has 0 saturated heterocycles. The number of esters is 2. The van der Waals surface area contributed by atoms with Crippen LogP contribution < -0.4 is 0 Å². The molecule has 2 unspecified atom stereocenters. The molecule has 2 atom stereocenters. The van der Waals surface area contributed by atoms with E-state index in [1.54, 1.807) is 41.5 Å². The summed E-state index contributed by atoms with van der Waals surface area (Å²) in [7, 11) is 2.79. The topological polar surface area (TPSA) is 126 Å². The van der Waals surface area contributed by atoms with Crippen molar-refractivity contribution >= 4 is 11.9 Å². The van der Waals surface area contributed by atoms with Crippen molar-refractivity contribution in [3.8, 4) is 0 Å². The fourth-order valence-corrected chi connectivity index (χ4v) is 3.82. The maximum atomic E-state index is 12.4. The molecule has 0 aliphatic carbocycles. The van der Waals surface area contributed by atoms with Crippen LogP contribution in [0.25, 0.3) is 0 Å². The molecule has 0 aromatic heterocycles. The number of hydrogen-bond donors (Lipinski definition) is 0. The molecule has 232 valence electrons. The number of carbonyl (C=O) groups is 2. The molecule has 0 bridgehead atoms. The molecular weight excluding hydrogens is 516 g/mol. The van der Waals surface area contributed by atoms with E-state index in [9.17, 15) is 9.59 Å². The van der Waals surface area contributed by atoms with E-state index in [1.807, 2.05) is 0 Å². The van der Waals surface area contributed by atoms with Gasteiger partial charge >= 0.3 is 23.9 Å². The average molecular weight is 569 g/mol. The summed E-state index contributed by atoms with van der Waals surface area (Å²) in [5, 5.41) is 0. The van der Waals surface area contributed by atoms with E-state index in [1.165, 1.54) is 14.2 Å². The van der Waals surface area contributed by atoms with E-state index in [-0.39, 0.29) is 52.5 Å². The summed E-state index contributed by atoms with van der Waals surface area (Å²) in [5.41, 5.74) is 0. The molecule has 0 aromatic carbocycles. The van der Waals surface area contributed by atoms with Gasteiger partial charge in [-0.05, 0) is 54.4 Å². The fraction of sp³-hybridized carbons (Fsp3) is 0.926. The van der Waals surface area contributed by atoms with Gasteiger partial charge in [-0.2, -0.15) is 0 Å². The summed E-state index contributed by atoms with van der Waals surface area (Å²) in [4.78, 5) is 24.9. The van der Waals surface area contributed by atoms with Gasteiger partial charge in [-0.25, -0.2) is 0 Å². The lowest BCUT2D eigenvalue weighted by Gasteiger charge is -2.36. The minimum atomic E-state index is -1.62. The predicted molar refractivity (Wildman–Crippen MR) is 141 cm³/mol. The monoisotopic (exact) mass is 568 g/mol. The molecule has 12 heteroatoms. The van der Waals surface area contributed by atoms with Gasteiger partial charge in [0.25, 0.3) is 12.6 Å². The number of methoxy groups -OCH3 is 2. The zero-order valence-electron chi connectivity index (χ0n) is 25.2. The van der Waals surface area contributed by atoms with Gasteiger partial charge in [-0.3, -0.25) is 9.59 Å². The van der Waals surface area contributed by atoms with Gasteiger partial charge in [-0.15, -0.1) is 0 Å². The molecule has 0 amide bonds. The Morgan fingerprint density at radius 3 is 0.974 bits per heavy atom. The van der Waals surface area contributed by atoms with E-state index in [2.05, 4.69) is 0 Å². The second kappa shape index (κ2) is 22.3. The Bertz CT molecular complexity index is 544. The smallest absolute Gasteiger partial charge is 0.349 e. The highest BCUT2D eigenvalue weighted by Gasteiger charge is 2.47. The van der Waals surface area contributed by atoms with Crippen molar-refractivity contribution in [2.24, 2.45) is 0 Å². The van der Waals surface area contributed by atoms with Gasteiger partial charge in [0.1, 0.15) is 0 Å². The molecule has 0 radical (unpaired) electrons. The molecule has 0 aliphatic rings. The molecule has 0 saturated carbocycles. The second-order valence-corrected chi connectivity index (χ2v) is 8.19. The molecule has 0 fully saturated rings. The zero-order valence-corrected chi connectivity index (χ0v) is 25.2. The maximum absolute atomic E-state index is 12.4. The average Bonchev–Trinajstić information content (AvgIpc) is 2.90. The van der Waals surface area contributed by atoms with Gasteiger partial charge in [-0.1, -0.05) is 19.3 Å². The minimum absolute atomic E-state index is 0.201. The van der Waals surface area contributed by atoms with E-state index in [0.717, 1.165) is 19.3 Å². The van der Waals surface area contributed by atoms with Crippen LogP contribution >= 0.6 is 0 Å². The van der Waals surface area contributed by atoms with Crippen molar-refractivity contribution in [3.63, 3.8) is 0 Å². The van der Waals surface area contributed by atoms with Crippen LogP contribution in [0.4, 0.5) is 0 Å². The van der Waals surface area contributed by atoms with Gasteiger partial charge in [0.15, 0.2) is 0 Å². The Labute approximate surface area is 234 Å². The Morgan fingerprint density at radius 1 is 0.487 bits per heavy atom. The fourth-order valence-electron chi connectivity index (χ4n) is 3.82. The van der Waals surface area contributed by atoms with Crippen LogP contribution in [0.1, 0.15) is 86.5 Å². The van der Waals surface area contributed by atoms with Gasteiger partial charge in [0.2, 0.25) is 0 Å². The van der Waals surface area contributed by atoms with Crippen molar-refractivity contribution in [1.29, 1.82) is 0 Å². The first kappa shape index (κ1) is 37.6. The molecular formula is C27H52O12. The Morgan fingerprint density at radius 2 is 0.744 bits per heavy atom. The lowest BCUT2D eigenvalue weighted by molar-refractivity contribution is -0.444. The number of unbranched alkanes of at least 4 members (excludes halogenated alkanes) is 4.